The van der Waals surface area contributed by atoms with Gasteiger partial charge >= 0.3 is 0 Å². The van der Waals surface area contributed by atoms with Crippen LogP contribution in [-0.2, 0) is 0 Å². The minimum absolute atomic E-state index is 0.117. The molecular weight excluding hydrogens is 290 g/mol. The fourth-order valence-corrected chi connectivity index (χ4v) is 2.45. The second kappa shape index (κ2) is 5.11. The molecule has 2 aromatic carbocycles. The Morgan fingerprint density at radius 2 is 1.94 bits per heavy atom. The van der Waals surface area contributed by atoms with Crippen molar-refractivity contribution >= 4 is 38.2 Å². The SMILES string of the molecule is CC(C)CC(=O)c1c(N)ccc2ccc(Br)cc12. The zero-order valence-electron chi connectivity index (χ0n) is 10.5. The molecule has 0 saturated heterocycles. The number of benzene rings is 2. The van der Waals surface area contributed by atoms with E-state index in [0.29, 0.717) is 23.6 Å². The first-order valence-corrected chi connectivity index (χ1v) is 6.79. The van der Waals surface area contributed by atoms with Gasteiger partial charge < -0.3 is 5.73 Å². The van der Waals surface area contributed by atoms with Crippen molar-refractivity contribution in [2.75, 3.05) is 5.73 Å². The predicted molar refractivity (Wildman–Crippen MR) is 79.8 cm³/mol. The second-order valence-electron chi connectivity index (χ2n) is 4.92. The van der Waals surface area contributed by atoms with Crippen molar-refractivity contribution in [2.24, 2.45) is 5.92 Å². The lowest BCUT2D eigenvalue weighted by atomic mass is 9.95. The van der Waals surface area contributed by atoms with Crippen LogP contribution < -0.4 is 5.73 Å². The monoisotopic (exact) mass is 305 g/mol. The first kappa shape index (κ1) is 13.1. The second-order valence-corrected chi connectivity index (χ2v) is 5.83. The number of fused-ring (bicyclic) bond motifs is 1. The highest BCUT2D eigenvalue weighted by molar-refractivity contribution is 9.10. The van der Waals surface area contributed by atoms with Gasteiger partial charge in [-0.1, -0.05) is 41.9 Å². The molecule has 0 spiro atoms. The highest BCUT2D eigenvalue weighted by atomic mass is 79.9. The zero-order chi connectivity index (χ0) is 13.3. The molecule has 18 heavy (non-hydrogen) atoms. The minimum Gasteiger partial charge on any atom is -0.398 e. The lowest BCUT2D eigenvalue weighted by molar-refractivity contribution is 0.0970. The lowest BCUT2D eigenvalue weighted by Crippen LogP contribution is -2.07. The number of hydrogen-bond donors (Lipinski definition) is 1. The molecule has 2 nitrogen and oxygen atoms in total. The molecule has 0 heterocycles. The number of hydrogen-bond acceptors (Lipinski definition) is 2. The standard InChI is InChI=1S/C15H16BrNO/c1-9(2)7-14(18)15-12-8-11(16)5-3-10(12)4-6-13(15)17/h3-6,8-9H,7,17H2,1-2H3. The number of anilines is 1. The fraction of sp³-hybridized carbons (Fsp3) is 0.267. The number of Topliss-reactive ketones (excluding diaryl/α,β-unsaturated/α-hetero) is 1. The van der Waals surface area contributed by atoms with Crippen LogP contribution in [0.3, 0.4) is 0 Å². The van der Waals surface area contributed by atoms with E-state index in [9.17, 15) is 4.79 Å². The summed E-state index contributed by atoms with van der Waals surface area (Å²) in [5.41, 5.74) is 7.19. The van der Waals surface area contributed by atoms with E-state index in [0.717, 1.165) is 15.2 Å². The van der Waals surface area contributed by atoms with Gasteiger partial charge in [0.05, 0.1) is 0 Å². The fourth-order valence-electron chi connectivity index (χ4n) is 2.09. The quantitative estimate of drug-likeness (QED) is 0.674. The van der Waals surface area contributed by atoms with Crippen molar-refractivity contribution in [1.82, 2.24) is 0 Å². The summed E-state index contributed by atoms with van der Waals surface area (Å²) in [5, 5.41) is 1.97. The van der Waals surface area contributed by atoms with Crippen LogP contribution in [0.25, 0.3) is 10.8 Å². The smallest absolute Gasteiger partial charge is 0.165 e. The lowest BCUT2D eigenvalue weighted by Gasteiger charge is -2.11. The van der Waals surface area contributed by atoms with Gasteiger partial charge in [-0.05, 0) is 34.9 Å². The molecule has 0 saturated carbocycles. The topological polar surface area (TPSA) is 43.1 Å². The molecule has 2 N–H and O–H groups in total. The van der Waals surface area contributed by atoms with E-state index >= 15 is 0 Å². The number of nitrogens with two attached hydrogens (primary N) is 1. The highest BCUT2D eigenvalue weighted by Gasteiger charge is 2.15. The van der Waals surface area contributed by atoms with E-state index in [1.165, 1.54) is 0 Å². The molecule has 2 aromatic rings. The average Bonchev–Trinajstić information content (AvgIpc) is 2.27. The Bertz CT molecular complexity index is 599. The summed E-state index contributed by atoms with van der Waals surface area (Å²) in [6.45, 7) is 4.07. The van der Waals surface area contributed by atoms with Gasteiger partial charge in [-0.2, -0.15) is 0 Å². The number of rotatable bonds is 3. The van der Waals surface area contributed by atoms with Crippen LogP contribution in [0.4, 0.5) is 5.69 Å². The maximum Gasteiger partial charge on any atom is 0.165 e. The molecule has 0 aliphatic rings. The van der Waals surface area contributed by atoms with E-state index in [2.05, 4.69) is 15.9 Å². The summed E-state index contributed by atoms with van der Waals surface area (Å²) in [4.78, 5) is 12.3. The summed E-state index contributed by atoms with van der Waals surface area (Å²) in [6.07, 6.45) is 0.524. The normalized spacial score (nSPS) is 11.1. The van der Waals surface area contributed by atoms with Crippen molar-refractivity contribution in [3.63, 3.8) is 0 Å². The van der Waals surface area contributed by atoms with Gasteiger partial charge in [-0.15, -0.1) is 0 Å². The van der Waals surface area contributed by atoms with Gasteiger partial charge in [0, 0.05) is 22.1 Å². The summed E-state index contributed by atoms with van der Waals surface area (Å²) < 4.78 is 0.958. The Morgan fingerprint density at radius 3 is 2.61 bits per heavy atom. The summed E-state index contributed by atoms with van der Waals surface area (Å²) >= 11 is 3.44. The third kappa shape index (κ3) is 2.56. The molecular formula is C15H16BrNO. The van der Waals surface area contributed by atoms with Gasteiger partial charge in [0.2, 0.25) is 0 Å². The molecule has 0 atom stereocenters. The first-order chi connectivity index (χ1) is 8.49. The van der Waals surface area contributed by atoms with Gasteiger partial charge in [-0.25, -0.2) is 0 Å². The highest BCUT2D eigenvalue weighted by Crippen LogP contribution is 2.29. The molecule has 0 aliphatic carbocycles. The van der Waals surface area contributed by atoms with Crippen molar-refractivity contribution in [2.45, 2.75) is 20.3 Å². The first-order valence-electron chi connectivity index (χ1n) is 6.00. The van der Waals surface area contributed by atoms with Crippen LogP contribution in [0.2, 0.25) is 0 Å². The van der Waals surface area contributed by atoms with Crippen LogP contribution in [-0.4, -0.2) is 5.78 Å². The Kier molecular flexibility index (Phi) is 3.71. The van der Waals surface area contributed by atoms with Crippen molar-refractivity contribution < 1.29 is 4.79 Å². The average molecular weight is 306 g/mol. The van der Waals surface area contributed by atoms with Gasteiger partial charge in [0.25, 0.3) is 0 Å². The van der Waals surface area contributed by atoms with Gasteiger partial charge in [0.1, 0.15) is 0 Å². The Hall–Kier alpha value is -1.35. The zero-order valence-corrected chi connectivity index (χ0v) is 12.1. The van der Waals surface area contributed by atoms with Crippen LogP contribution in [0.1, 0.15) is 30.6 Å². The maximum atomic E-state index is 12.3. The Morgan fingerprint density at radius 1 is 1.28 bits per heavy atom. The molecule has 0 radical (unpaired) electrons. The molecule has 0 amide bonds. The molecule has 0 unspecified atom stereocenters. The summed E-state index contributed by atoms with van der Waals surface area (Å²) in [7, 11) is 0. The largest absolute Gasteiger partial charge is 0.398 e. The van der Waals surface area contributed by atoms with Crippen LogP contribution in [0.15, 0.2) is 34.8 Å². The molecule has 2 rings (SSSR count). The maximum absolute atomic E-state index is 12.3. The molecule has 94 valence electrons. The molecule has 0 aliphatic heterocycles. The van der Waals surface area contributed by atoms with Gasteiger partial charge in [-0.3, -0.25) is 4.79 Å². The molecule has 0 bridgehead atoms. The van der Waals surface area contributed by atoms with E-state index in [-0.39, 0.29) is 5.78 Å². The van der Waals surface area contributed by atoms with Crippen LogP contribution in [0, 0.1) is 5.92 Å². The third-order valence-corrected chi connectivity index (χ3v) is 3.38. The van der Waals surface area contributed by atoms with Crippen molar-refractivity contribution in [3.8, 4) is 0 Å². The van der Waals surface area contributed by atoms with Crippen molar-refractivity contribution in [1.29, 1.82) is 0 Å². The van der Waals surface area contributed by atoms with Crippen molar-refractivity contribution in [3.05, 3.63) is 40.4 Å². The summed E-state index contributed by atoms with van der Waals surface area (Å²) in [5.74, 6) is 0.450. The van der Waals surface area contributed by atoms with E-state index in [1.807, 2.05) is 44.2 Å². The van der Waals surface area contributed by atoms with Crippen LogP contribution in [0.5, 0.6) is 0 Å². The minimum atomic E-state index is 0.117. The van der Waals surface area contributed by atoms with E-state index < -0.39 is 0 Å². The molecule has 3 heteroatoms. The van der Waals surface area contributed by atoms with Gasteiger partial charge in [0.15, 0.2) is 5.78 Å². The number of ketones is 1. The number of carbonyl (C=O) groups is 1. The van der Waals surface area contributed by atoms with E-state index in [4.69, 9.17) is 5.73 Å². The molecule has 0 fully saturated rings. The Labute approximate surface area is 115 Å². The molecule has 0 aromatic heterocycles. The van der Waals surface area contributed by atoms with Crippen LogP contribution >= 0.6 is 15.9 Å². The number of carbonyl (C=O) groups excluding carboxylic acids is 1. The Balaban J connectivity index is 2.63. The number of nitrogen functional groups attached to an aromatic ring is 1. The third-order valence-electron chi connectivity index (χ3n) is 2.89. The van der Waals surface area contributed by atoms with E-state index in [1.54, 1.807) is 0 Å². The number of halogens is 1. The predicted octanol–water partition coefficient (Wildman–Crippen LogP) is 4.41. The summed E-state index contributed by atoms with van der Waals surface area (Å²) in [6, 6.07) is 9.67.